The zero-order valence-electron chi connectivity index (χ0n) is 12.8. The molecule has 0 aromatic carbocycles. The lowest BCUT2D eigenvalue weighted by atomic mass is 9.83. The molecule has 2 aliphatic carbocycles. The Kier molecular flexibility index (Phi) is 8.58. The number of hydrogen-bond acceptors (Lipinski definition) is 4. The maximum atomic E-state index is 10.9. The summed E-state index contributed by atoms with van der Waals surface area (Å²) in [7, 11) is 0. The molecule has 6 atom stereocenters. The van der Waals surface area contributed by atoms with E-state index in [1.165, 1.54) is 0 Å². The van der Waals surface area contributed by atoms with Gasteiger partial charge in [0.15, 0.2) is 0 Å². The molecule has 23 heavy (non-hydrogen) atoms. The van der Waals surface area contributed by atoms with Gasteiger partial charge in [-0.2, -0.15) is 0 Å². The van der Waals surface area contributed by atoms with Gasteiger partial charge in [-0.1, -0.05) is 67.8 Å². The van der Waals surface area contributed by atoms with Crippen molar-refractivity contribution in [1.29, 1.82) is 0 Å². The lowest BCUT2D eigenvalue weighted by Crippen LogP contribution is -2.44. The Hall–Kier alpha value is 1.54. The average molecular weight is 663 g/mol. The summed E-state index contributed by atoms with van der Waals surface area (Å²) in [6.07, 6.45) is 5.54. The molecular weight excluding hydrogens is 639 g/mol. The van der Waals surface area contributed by atoms with E-state index in [9.17, 15) is 9.90 Å². The first-order valence-corrected chi connectivity index (χ1v) is 11.8. The number of nitrogens with two attached hydrogens (primary N) is 1. The van der Waals surface area contributed by atoms with E-state index < -0.39 is 12.0 Å². The van der Waals surface area contributed by atoms with Crippen LogP contribution in [0.15, 0.2) is 0 Å². The third-order valence-electron chi connectivity index (χ3n) is 4.81. The van der Waals surface area contributed by atoms with Crippen LogP contribution in [0, 0.1) is 5.92 Å². The Labute approximate surface area is 178 Å². The molecule has 0 spiro atoms. The molecule has 0 aromatic heterocycles. The van der Waals surface area contributed by atoms with Crippen LogP contribution in [0.4, 0.5) is 0 Å². The second-order valence-corrected chi connectivity index (χ2v) is 11.5. The van der Waals surface area contributed by atoms with Crippen molar-refractivity contribution in [3.63, 3.8) is 0 Å². The first-order chi connectivity index (χ1) is 10.8. The van der Waals surface area contributed by atoms with Crippen LogP contribution in [0.2, 0.25) is 0 Å². The van der Waals surface area contributed by atoms with E-state index >= 15 is 0 Å². The smallest absolute Gasteiger partial charge is 0.320 e. The van der Waals surface area contributed by atoms with Crippen LogP contribution in [-0.2, 0) is 9.53 Å². The highest BCUT2D eigenvalue weighted by Crippen LogP contribution is 2.38. The van der Waals surface area contributed by atoms with Crippen LogP contribution in [0.3, 0.4) is 0 Å². The van der Waals surface area contributed by atoms with Crippen molar-refractivity contribution in [2.75, 3.05) is 0 Å². The molecule has 2 rings (SSSR count). The van der Waals surface area contributed by atoms with Crippen molar-refractivity contribution in [3.8, 4) is 0 Å². The highest BCUT2D eigenvalue weighted by atomic mass is 127. The molecule has 5 nitrogen and oxygen atoms in total. The van der Waals surface area contributed by atoms with Gasteiger partial charge in [-0.3, -0.25) is 4.79 Å². The van der Waals surface area contributed by atoms with Crippen molar-refractivity contribution in [2.45, 2.75) is 74.7 Å². The molecule has 2 saturated carbocycles. The van der Waals surface area contributed by atoms with Crippen molar-refractivity contribution >= 4 is 73.7 Å². The van der Waals surface area contributed by atoms with E-state index in [1.54, 1.807) is 0 Å². The minimum atomic E-state index is -0.907. The van der Waals surface area contributed by atoms with Crippen LogP contribution in [0.1, 0.15) is 38.5 Å². The van der Waals surface area contributed by atoms with E-state index in [2.05, 4.69) is 67.8 Å². The lowest BCUT2D eigenvalue weighted by Gasteiger charge is -2.39. The Bertz CT molecular complexity index is 402. The number of alkyl halides is 3. The van der Waals surface area contributed by atoms with Crippen LogP contribution < -0.4 is 5.73 Å². The minimum absolute atomic E-state index is 0.224. The number of rotatable bonds is 5. The van der Waals surface area contributed by atoms with Gasteiger partial charge in [0.05, 0.1) is 18.3 Å². The molecule has 0 aromatic rings. The summed E-state index contributed by atoms with van der Waals surface area (Å²) in [4.78, 5) is 10.9. The number of halogens is 3. The third-order valence-corrected chi connectivity index (χ3v) is 8.61. The SMILES string of the molecule is NC(CC1CCC(OC2CC(I)C(O)C(I)C2)C(I)C1)C(=O)O. The first kappa shape index (κ1) is 20.8. The maximum Gasteiger partial charge on any atom is 0.320 e. The summed E-state index contributed by atoms with van der Waals surface area (Å²) in [5.74, 6) is -0.527. The van der Waals surface area contributed by atoms with Gasteiger partial charge in [-0.15, -0.1) is 0 Å². The van der Waals surface area contributed by atoms with Gasteiger partial charge in [0, 0.05) is 11.8 Å². The quantitative estimate of drug-likeness (QED) is 0.311. The second-order valence-electron chi connectivity index (χ2n) is 6.67. The van der Waals surface area contributed by atoms with Gasteiger partial charge in [0.2, 0.25) is 0 Å². The Morgan fingerprint density at radius 3 is 2.26 bits per heavy atom. The molecule has 0 heterocycles. The minimum Gasteiger partial charge on any atom is -0.480 e. The molecular formula is C15H24I3NO4. The highest BCUT2D eigenvalue weighted by molar-refractivity contribution is 14.1. The maximum absolute atomic E-state index is 10.9. The zero-order chi connectivity index (χ0) is 17.1. The number of aliphatic hydroxyl groups is 1. The predicted molar refractivity (Wildman–Crippen MR) is 115 cm³/mol. The second kappa shape index (κ2) is 9.47. The number of ether oxygens (including phenoxy) is 1. The molecule has 0 bridgehead atoms. The number of aliphatic hydroxyl groups excluding tert-OH is 1. The number of aliphatic carboxylic acids is 1. The van der Waals surface area contributed by atoms with E-state index in [4.69, 9.17) is 15.6 Å². The molecule has 6 unspecified atom stereocenters. The van der Waals surface area contributed by atoms with Gasteiger partial charge in [-0.25, -0.2) is 0 Å². The normalized spacial score (nSPS) is 43.1. The van der Waals surface area contributed by atoms with Crippen LogP contribution in [0.5, 0.6) is 0 Å². The van der Waals surface area contributed by atoms with E-state index in [-0.39, 0.29) is 26.2 Å². The fraction of sp³-hybridized carbons (Fsp3) is 0.933. The molecule has 8 heteroatoms. The van der Waals surface area contributed by atoms with Gasteiger partial charge < -0.3 is 20.7 Å². The van der Waals surface area contributed by atoms with Crippen molar-refractivity contribution < 1.29 is 19.7 Å². The molecule has 0 radical (unpaired) electrons. The summed E-state index contributed by atoms with van der Waals surface area (Å²) in [5, 5.41) is 19.0. The van der Waals surface area contributed by atoms with Crippen molar-refractivity contribution in [3.05, 3.63) is 0 Å². The third kappa shape index (κ3) is 6.04. The largest absolute Gasteiger partial charge is 0.480 e. The molecule has 134 valence electrons. The summed E-state index contributed by atoms with van der Waals surface area (Å²) in [6.45, 7) is 0. The molecule has 0 saturated heterocycles. The van der Waals surface area contributed by atoms with Gasteiger partial charge in [0.25, 0.3) is 0 Å². The molecule has 0 aliphatic heterocycles. The van der Waals surface area contributed by atoms with Gasteiger partial charge in [0.1, 0.15) is 6.04 Å². The number of carboxylic acids is 1. The fourth-order valence-electron chi connectivity index (χ4n) is 3.46. The van der Waals surface area contributed by atoms with Crippen molar-refractivity contribution in [2.24, 2.45) is 11.7 Å². The molecule has 2 fully saturated rings. The summed E-state index contributed by atoms with van der Waals surface area (Å²) >= 11 is 7.10. The van der Waals surface area contributed by atoms with E-state index in [0.29, 0.717) is 16.3 Å². The van der Waals surface area contributed by atoms with Crippen LogP contribution in [-0.4, -0.2) is 52.3 Å². The number of carboxylic acid groups (broad SMARTS) is 1. The van der Waals surface area contributed by atoms with Crippen molar-refractivity contribution in [1.82, 2.24) is 0 Å². The average Bonchev–Trinajstić information content (AvgIpc) is 2.47. The molecule has 4 N–H and O–H groups in total. The fourth-order valence-corrected chi connectivity index (χ4v) is 7.64. The van der Waals surface area contributed by atoms with E-state index in [0.717, 1.165) is 32.1 Å². The van der Waals surface area contributed by atoms with E-state index in [1.807, 2.05) is 0 Å². The Balaban J connectivity index is 1.81. The topological polar surface area (TPSA) is 92.8 Å². The summed E-state index contributed by atoms with van der Waals surface area (Å²) in [5.41, 5.74) is 5.66. The Morgan fingerprint density at radius 2 is 1.74 bits per heavy atom. The Morgan fingerprint density at radius 1 is 1.13 bits per heavy atom. The number of hydrogen-bond donors (Lipinski definition) is 3. The summed E-state index contributed by atoms with van der Waals surface area (Å²) in [6, 6.07) is -0.750. The zero-order valence-corrected chi connectivity index (χ0v) is 19.3. The van der Waals surface area contributed by atoms with Gasteiger partial charge in [-0.05, 0) is 44.4 Å². The molecule has 0 amide bonds. The monoisotopic (exact) mass is 663 g/mol. The molecule has 2 aliphatic rings. The first-order valence-electron chi connectivity index (χ1n) is 8.02. The van der Waals surface area contributed by atoms with Gasteiger partial charge >= 0.3 is 5.97 Å². The predicted octanol–water partition coefficient (Wildman–Crippen LogP) is 2.91. The highest BCUT2D eigenvalue weighted by Gasteiger charge is 2.38. The summed E-state index contributed by atoms with van der Waals surface area (Å²) < 4.78 is 7.27. The standard InChI is InChI=1S/C15H24I3NO4/c16-9-3-7(4-12(19)15(21)22)1-2-13(9)23-8-5-10(17)14(20)11(18)6-8/h7-14,20H,1-6,19H2,(H,21,22). The number of carbonyl (C=O) groups is 1. The van der Waals surface area contributed by atoms with Crippen LogP contribution in [0.25, 0.3) is 0 Å². The lowest BCUT2D eigenvalue weighted by molar-refractivity contribution is -0.139. The van der Waals surface area contributed by atoms with Crippen LogP contribution >= 0.6 is 67.8 Å².